The Labute approximate surface area is 116 Å². The van der Waals surface area contributed by atoms with Crippen molar-refractivity contribution in [3.8, 4) is 5.75 Å². The number of rotatable bonds is 7. The molecular formula is C18H21O. The van der Waals surface area contributed by atoms with Gasteiger partial charge < -0.3 is 4.74 Å². The second kappa shape index (κ2) is 7.63. The SMILES string of the molecule is [CH2]CCCc1ccc(OCCc2ccccc2)cc1. The van der Waals surface area contributed by atoms with Gasteiger partial charge in [0.05, 0.1) is 6.61 Å². The lowest BCUT2D eigenvalue weighted by atomic mass is 10.1. The van der Waals surface area contributed by atoms with Crippen molar-refractivity contribution in [2.24, 2.45) is 0 Å². The molecule has 0 aromatic heterocycles. The van der Waals surface area contributed by atoms with Crippen molar-refractivity contribution in [2.45, 2.75) is 25.7 Å². The van der Waals surface area contributed by atoms with Crippen LogP contribution in [0.1, 0.15) is 24.0 Å². The van der Waals surface area contributed by atoms with Crippen molar-refractivity contribution in [1.82, 2.24) is 0 Å². The van der Waals surface area contributed by atoms with Gasteiger partial charge in [0.25, 0.3) is 0 Å². The van der Waals surface area contributed by atoms with E-state index in [4.69, 9.17) is 4.74 Å². The Bertz CT molecular complexity index is 459. The third-order valence-corrected chi connectivity index (χ3v) is 3.14. The lowest BCUT2D eigenvalue weighted by Crippen LogP contribution is -2.01. The number of benzene rings is 2. The Balaban J connectivity index is 1.77. The fourth-order valence-corrected chi connectivity index (χ4v) is 2.01. The normalized spacial score (nSPS) is 10.4. The molecule has 0 spiro atoms. The van der Waals surface area contributed by atoms with E-state index in [0.29, 0.717) is 0 Å². The highest BCUT2D eigenvalue weighted by Crippen LogP contribution is 2.14. The van der Waals surface area contributed by atoms with E-state index in [1.807, 2.05) is 6.07 Å². The van der Waals surface area contributed by atoms with Gasteiger partial charge in [-0.15, -0.1) is 0 Å². The number of aryl methyl sites for hydroxylation is 1. The maximum Gasteiger partial charge on any atom is 0.119 e. The van der Waals surface area contributed by atoms with Gasteiger partial charge >= 0.3 is 0 Å². The molecule has 1 nitrogen and oxygen atoms in total. The van der Waals surface area contributed by atoms with E-state index in [-0.39, 0.29) is 0 Å². The fraction of sp³-hybridized carbons (Fsp3) is 0.278. The van der Waals surface area contributed by atoms with Crippen LogP contribution in [0, 0.1) is 6.92 Å². The highest BCUT2D eigenvalue weighted by atomic mass is 16.5. The van der Waals surface area contributed by atoms with Crippen molar-refractivity contribution in [1.29, 1.82) is 0 Å². The van der Waals surface area contributed by atoms with Crippen molar-refractivity contribution < 1.29 is 4.74 Å². The molecule has 0 aliphatic rings. The summed E-state index contributed by atoms with van der Waals surface area (Å²) >= 11 is 0. The van der Waals surface area contributed by atoms with Gasteiger partial charge in [0.15, 0.2) is 0 Å². The molecule has 0 fully saturated rings. The number of hydrogen-bond acceptors (Lipinski definition) is 1. The predicted molar refractivity (Wildman–Crippen MR) is 80.4 cm³/mol. The molecule has 1 radical (unpaired) electrons. The summed E-state index contributed by atoms with van der Waals surface area (Å²) in [7, 11) is 0. The highest BCUT2D eigenvalue weighted by Gasteiger charge is 1.97. The molecule has 0 heterocycles. The largest absolute Gasteiger partial charge is 0.493 e. The van der Waals surface area contributed by atoms with E-state index < -0.39 is 0 Å². The molecule has 0 N–H and O–H groups in total. The monoisotopic (exact) mass is 253 g/mol. The zero-order valence-electron chi connectivity index (χ0n) is 11.3. The summed E-state index contributed by atoms with van der Waals surface area (Å²) in [5.74, 6) is 0.953. The van der Waals surface area contributed by atoms with Crippen LogP contribution in [-0.2, 0) is 12.8 Å². The first-order valence-corrected chi connectivity index (χ1v) is 6.93. The van der Waals surface area contributed by atoms with E-state index >= 15 is 0 Å². The lowest BCUT2D eigenvalue weighted by Gasteiger charge is -2.07. The predicted octanol–water partition coefficient (Wildman–Crippen LogP) is 4.46. The minimum atomic E-state index is 0.724. The Morgan fingerprint density at radius 2 is 1.47 bits per heavy atom. The molecular weight excluding hydrogens is 232 g/mol. The quantitative estimate of drug-likeness (QED) is 0.707. The van der Waals surface area contributed by atoms with Crippen LogP contribution >= 0.6 is 0 Å². The van der Waals surface area contributed by atoms with Crippen molar-refractivity contribution in [2.75, 3.05) is 6.61 Å². The molecule has 2 aromatic carbocycles. The van der Waals surface area contributed by atoms with Crippen LogP contribution in [0.15, 0.2) is 54.6 Å². The fourth-order valence-electron chi connectivity index (χ4n) is 2.01. The Morgan fingerprint density at radius 1 is 0.789 bits per heavy atom. The van der Waals surface area contributed by atoms with E-state index in [9.17, 15) is 0 Å². The minimum absolute atomic E-state index is 0.724. The van der Waals surface area contributed by atoms with Crippen molar-refractivity contribution >= 4 is 0 Å². The van der Waals surface area contributed by atoms with Gasteiger partial charge in [0.1, 0.15) is 5.75 Å². The van der Waals surface area contributed by atoms with Gasteiger partial charge in [-0.2, -0.15) is 0 Å². The van der Waals surface area contributed by atoms with Crippen molar-refractivity contribution in [3.63, 3.8) is 0 Å². The molecule has 0 unspecified atom stereocenters. The zero-order valence-corrected chi connectivity index (χ0v) is 11.3. The average Bonchev–Trinajstić information content (AvgIpc) is 2.47. The smallest absolute Gasteiger partial charge is 0.119 e. The van der Waals surface area contributed by atoms with Crippen LogP contribution in [0.3, 0.4) is 0 Å². The van der Waals surface area contributed by atoms with Gasteiger partial charge in [0, 0.05) is 6.42 Å². The zero-order chi connectivity index (χ0) is 13.3. The molecule has 0 aliphatic heterocycles. The summed E-state index contributed by atoms with van der Waals surface area (Å²) in [6.45, 7) is 4.59. The molecule has 0 atom stereocenters. The minimum Gasteiger partial charge on any atom is -0.493 e. The first-order valence-electron chi connectivity index (χ1n) is 6.93. The van der Waals surface area contributed by atoms with Crippen LogP contribution < -0.4 is 4.74 Å². The van der Waals surface area contributed by atoms with Gasteiger partial charge in [0.2, 0.25) is 0 Å². The summed E-state index contributed by atoms with van der Waals surface area (Å²) in [5, 5.41) is 0. The van der Waals surface area contributed by atoms with Crippen molar-refractivity contribution in [3.05, 3.63) is 72.6 Å². The Kier molecular flexibility index (Phi) is 5.49. The lowest BCUT2D eigenvalue weighted by molar-refractivity contribution is 0.322. The van der Waals surface area contributed by atoms with E-state index in [2.05, 4.69) is 55.5 Å². The van der Waals surface area contributed by atoms with Gasteiger partial charge in [-0.3, -0.25) is 0 Å². The molecule has 2 aromatic rings. The second-order valence-electron chi connectivity index (χ2n) is 4.69. The van der Waals surface area contributed by atoms with E-state index in [1.165, 1.54) is 11.1 Å². The third-order valence-electron chi connectivity index (χ3n) is 3.14. The molecule has 0 bridgehead atoms. The summed E-state index contributed by atoms with van der Waals surface area (Å²) in [6, 6.07) is 18.8. The molecule has 0 saturated heterocycles. The maximum absolute atomic E-state index is 5.76. The van der Waals surface area contributed by atoms with Crippen LogP contribution in [-0.4, -0.2) is 6.61 Å². The molecule has 0 saturated carbocycles. The first-order chi connectivity index (χ1) is 9.38. The molecule has 0 aliphatic carbocycles. The van der Waals surface area contributed by atoms with E-state index in [1.54, 1.807) is 0 Å². The van der Waals surface area contributed by atoms with Gasteiger partial charge in [-0.1, -0.05) is 55.8 Å². The standard InChI is InChI=1S/C18H21O/c1-2-3-7-17-10-12-18(13-11-17)19-15-14-16-8-5-4-6-9-16/h4-6,8-13H,1-3,7,14-15H2. The number of unbranched alkanes of at least 4 members (excludes halogenated alkanes) is 1. The molecule has 19 heavy (non-hydrogen) atoms. The van der Waals surface area contributed by atoms with Crippen LogP contribution in [0.4, 0.5) is 0 Å². The third kappa shape index (κ3) is 4.78. The topological polar surface area (TPSA) is 9.23 Å². The summed E-state index contributed by atoms with van der Waals surface area (Å²) in [6.07, 6.45) is 4.20. The Morgan fingerprint density at radius 3 is 2.16 bits per heavy atom. The summed E-state index contributed by atoms with van der Waals surface area (Å²) < 4.78 is 5.76. The maximum atomic E-state index is 5.76. The van der Waals surface area contributed by atoms with Crippen LogP contribution in [0.5, 0.6) is 5.75 Å². The van der Waals surface area contributed by atoms with Gasteiger partial charge in [-0.05, 0) is 36.1 Å². The van der Waals surface area contributed by atoms with E-state index in [0.717, 1.165) is 38.0 Å². The Hall–Kier alpha value is -1.76. The number of ether oxygens (including phenoxy) is 1. The summed E-state index contributed by atoms with van der Waals surface area (Å²) in [4.78, 5) is 0. The average molecular weight is 253 g/mol. The summed E-state index contributed by atoms with van der Waals surface area (Å²) in [5.41, 5.74) is 2.67. The molecule has 2 rings (SSSR count). The highest BCUT2D eigenvalue weighted by molar-refractivity contribution is 5.27. The first kappa shape index (κ1) is 13.7. The van der Waals surface area contributed by atoms with Gasteiger partial charge in [-0.25, -0.2) is 0 Å². The second-order valence-corrected chi connectivity index (χ2v) is 4.69. The van der Waals surface area contributed by atoms with Crippen LogP contribution in [0.2, 0.25) is 0 Å². The van der Waals surface area contributed by atoms with Crippen LogP contribution in [0.25, 0.3) is 0 Å². The molecule has 1 heteroatoms. The molecule has 99 valence electrons. The number of hydrogen-bond donors (Lipinski definition) is 0. The molecule has 0 amide bonds.